The van der Waals surface area contributed by atoms with Crippen molar-refractivity contribution in [2.24, 2.45) is 0 Å². The van der Waals surface area contributed by atoms with Gasteiger partial charge in [0.25, 0.3) is 5.91 Å². The summed E-state index contributed by atoms with van der Waals surface area (Å²) in [5.74, 6) is 0.899. The molecule has 1 saturated heterocycles. The molecule has 1 unspecified atom stereocenters. The number of imide groups is 1. The van der Waals surface area contributed by atoms with Gasteiger partial charge in [-0.25, -0.2) is 0 Å². The Labute approximate surface area is 175 Å². The molecule has 2 aliphatic heterocycles. The van der Waals surface area contributed by atoms with Crippen LogP contribution in [-0.4, -0.2) is 30.4 Å². The highest BCUT2D eigenvalue weighted by Crippen LogP contribution is 2.35. The summed E-state index contributed by atoms with van der Waals surface area (Å²) in [5, 5.41) is 2.90. The Bertz CT molecular complexity index is 983. The maximum atomic E-state index is 12.6. The zero-order valence-corrected chi connectivity index (χ0v) is 17.1. The molecule has 30 heavy (non-hydrogen) atoms. The van der Waals surface area contributed by atoms with Crippen LogP contribution in [0.25, 0.3) is 0 Å². The second-order valence-corrected chi connectivity index (χ2v) is 7.49. The van der Waals surface area contributed by atoms with E-state index < -0.39 is 0 Å². The number of amides is 3. The number of rotatable bonds is 6. The number of hydrogen-bond acceptors (Lipinski definition) is 5. The molecule has 1 atom stereocenters. The van der Waals surface area contributed by atoms with Crippen LogP contribution in [0.3, 0.4) is 0 Å². The van der Waals surface area contributed by atoms with Crippen LogP contribution in [0.4, 0.5) is 5.69 Å². The summed E-state index contributed by atoms with van der Waals surface area (Å²) in [4.78, 5) is 37.5. The molecular weight excluding hydrogens is 384 g/mol. The quantitative estimate of drug-likeness (QED) is 0.743. The highest BCUT2D eigenvalue weighted by molar-refractivity contribution is 6.19. The van der Waals surface area contributed by atoms with Gasteiger partial charge < -0.3 is 14.8 Å². The number of carbonyl (C=O) groups excluding carboxylic acids is 3. The van der Waals surface area contributed by atoms with E-state index >= 15 is 0 Å². The van der Waals surface area contributed by atoms with Crippen molar-refractivity contribution in [3.05, 3.63) is 53.1 Å². The van der Waals surface area contributed by atoms with Gasteiger partial charge in [-0.3, -0.25) is 19.3 Å². The minimum atomic E-state index is -0.252. The minimum Gasteiger partial charge on any atom is -0.494 e. The molecule has 0 saturated carbocycles. The summed E-state index contributed by atoms with van der Waals surface area (Å²) >= 11 is 0. The van der Waals surface area contributed by atoms with Crippen molar-refractivity contribution in [1.29, 1.82) is 0 Å². The molecule has 2 aromatic carbocycles. The van der Waals surface area contributed by atoms with Gasteiger partial charge in [0.2, 0.25) is 11.8 Å². The van der Waals surface area contributed by atoms with Gasteiger partial charge in [-0.2, -0.15) is 0 Å². The van der Waals surface area contributed by atoms with E-state index in [9.17, 15) is 14.4 Å². The zero-order valence-electron chi connectivity index (χ0n) is 17.1. The summed E-state index contributed by atoms with van der Waals surface area (Å²) in [5.41, 5.74) is 2.90. The van der Waals surface area contributed by atoms with Crippen molar-refractivity contribution in [1.82, 2.24) is 5.32 Å². The summed E-state index contributed by atoms with van der Waals surface area (Å²) in [6.07, 6.45) is 1.43. The Balaban J connectivity index is 1.45. The molecule has 3 amide bonds. The van der Waals surface area contributed by atoms with Gasteiger partial charge in [-0.15, -0.1) is 0 Å². The van der Waals surface area contributed by atoms with Crippen LogP contribution in [0, 0.1) is 0 Å². The Morgan fingerprint density at radius 3 is 2.53 bits per heavy atom. The van der Waals surface area contributed by atoms with Gasteiger partial charge in [0.1, 0.15) is 17.6 Å². The van der Waals surface area contributed by atoms with Crippen molar-refractivity contribution in [3.8, 4) is 11.5 Å². The lowest BCUT2D eigenvalue weighted by Crippen LogP contribution is -2.28. The molecule has 0 aliphatic carbocycles. The lowest BCUT2D eigenvalue weighted by molar-refractivity contribution is -0.121. The Kier molecular flexibility index (Phi) is 5.44. The molecule has 2 heterocycles. The molecule has 1 fully saturated rings. The molecular formula is C23H24N2O5. The summed E-state index contributed by atoms with van der Waals surface area (Å²) in [6, 6.07) is 10.4. The van der Waals surface area contributed by atoms with E-state index in [0.29, 0.717) is 24.4 Å². The molecule has 0 bridgehead atoms. The molecule has 2 aliphatic rings. The molecule has 4 rings (SSSR count). The third-order valence-corrected chi connectivity index (χ3v) is 5.26. The second kappa shape index (κ2) is 8.18. The zero-order chi connectivity index (χ0) is 21.3. The SMILES string of the molecule is CCOc1cc2c(cc1CNC(=O)c1ccc(N3C(=O)CCC3=O)cc1)OC(C)C2. The molecule has 156 valence electrons. The van der Waals surface area contributed by atoms with Crippen LogP contribution < -0.4 is 19.7 Å². The first-order valence-electron chi connectivity index (χ1n) is 10.2. The molecule has 0 radical (unpaired) electrons. The molecule has 2 aromatic rings. The van der Waals surface area contributed by atoms with Crippen LogP contribution in [0.2, 0.25) is 0 Å². The van der Waals surface area contributed by atoms with Crippen molar-refractivity contribution in [2.75, 3.05) is 11.5 Å². The number of ether oxygens (including phenoxy) is 2. The van der Waals surface area contributed by atoms with Crippen LogP contribution in [0.1, 0.15) is 48.2 Å². The van der Waals surface area contributed by atoms with Gasteiger partial charge >= 0.3 is 0 Å². The fourth-order valence-electron chi connectivity index (χ4n) is 3.81. The summed E-state index contributed by atoms with van der Waals surface area (Å²) < 4.78 is 11.6. The average molecular weight is 408 g/mol. The van der Waals surface area contributed by atoms with E-state index in [4.69, 9.17) is 9.47 Å². The third kappa shape index (κ3) is 3.87. The predicted octanol–water partition coefficient (Wildman–Crippen LogP) is 2.99. The standard InChI is InChI=1S/C23H24N2O5/c1-3-29-19-11-16-10-14(2)30-20(16)12-17(19)13-24-23(28)15-4-6-18(7-5-15)25-21(26)8-9-22(25)27/h4-7,11-12,14H,3,8-10,13H2,1-2H3,(H,24,28). The van der Waals surface area contributed by atoms with Crippen LogP contribution in [-0.2, 0) is 22.6 Å². The first-order chi connectivity index (χ1) is 14.5. The number of carbonyl (C=O) groups is 3. The molecule has 0 spiro atoms. The monoisotopic (exact) mass is 408 g/mol. The van der Waals surface area contributed by atoms with Crippen LogP contribution >= 0.6 is 0 Å². The second-order valence-electron chi connectivity index (χ2n) is 7.49. The number of nitrogens with zero attached hydrogens (tertiary/aromatic N) is 1. The third-order valence-electron chi connectivity index (χ3n) is 5.26. The lowest BCUT2D eigenvalue weighted by atomic mass is 10.1. The summed E-state index contributed by atoms with van der Waals surface area (Å²) in [7, 11) is 0. The maximum Gasteiger partial charge on any atom is 0.251 e. The van der Waals surface area contributed by atoms with E-state index in [0.717, 1.165) is 29.0 Å². The Hall–Kier alpha value is -3.35. The van der Waals surface area contributed by atoms with Crippen molar-refractivity contribution in [3.63, 3.8) is 0 Å². The maximum absolute atomic E-state index is 12.6. The van der Waals surface area contributed by atoms with E-state index in [1.807, 2.05) is 26.0 Å². The minimum absolute atomic E-state index is 0.132. The van der Waals surface area contributed by atoms with E-state index in [-0.39, 0.29) is 36.7 Å². The van der Waals surface area contributed by atoms with E-state index in [1.54, 1.807) is 24.3 Å². The fraction of sp³-hybridized carbons (Fsp3) is 0.348. The first kappa shape index (κ1) is 19.9. The van der Waals surface area contributed by atoms with Crippen molar-refractivity contribution in [2.45, 2.75) is 45.8 Å². The molecule has 1 N–H and O–H groups in total. The molecule has 7 heteroatoms. The highest BCUT2D eigenvalue weighted by Gasteiger charge is 2.30. The van der Waals surface area contributed by atoms with Gasteiger partial charge in [0.05, 0.1) is 12.3 Å². The van der Waals surface area contributed by atoms with Gasteiger partial charge in [-0.1, -0.05) is 0 Å². The smallest absolute Gasteiger partial charge is 0.251 e. The predicted molar refractivity (Wildman–Crippen MR) is 111 cm³/mol. The first-order valence-corrected chi connectivity index (χ1v) is 10.2. The lowest BCUT2D eigenvalue weighted by Gasteiger charge is -2.15. The number of anilines is 1. The largest absolute Gasteiger partial charge is 0.494 e. The number of fused-ring (bicyclic) bond motifs is 1. The topological polar surface area (TPSA) is 84.9 Å². The normalized spacial score (nSPS) is 17.7. The van der Waals surface area contributed by atoms with Crippen molar-refractivity contribution >= 4 is 23.4 Å². The number of hydrogen-bond donors (Lipinski definition) is 1. The highest BCUT2D eigenvalue weighted by atomic mass is 16.5. The Morgan fingerprint density at radius 2 is 1.87 bits per heavy atom. The summed E-state index contributed by atoms with van der Waals surface area (Å²) in [6.45, 7) is 4.77. The molecule has 7 nitrogen and oxygen atoms in total. The molecule has 0 aromatic heterocycles. The van der Waals surface area contributed by atoms with Crippen molar-refractivity contribution < 1.29 is 23.9 Å². The van der Waals surface area contributed by atoms with E-state index in [2.05, 4.69) is 5.32 Å². The van der Waals surface area contributed by atoms with Crippen LogP contribution in [0.15, 0.2) is 36.4 Å². The van der Waals surface area contributed by atoms with E-state index in [1.165, 1.54) is 4.90 Å². The fourth-order valence-corrected chi connectivity index (χ4v) is 3.81. The number of nitrogens with one attached hydrogen (secondary N) is 1. The van der Waals surface area contributed by atoms with Gasteiger partial charge in [0, 0.05) is 42.5 Å². The number of benzene rings is 2. The Morgan fingerprint density at radius 1 is 1.17 bits per heavy atom. The van der Waals surface area contributed by atoms with Gasteiger partial charge in [-0.05, 0) is 50.2 Å². The van der Waals surface area contributed by atoms with Gasteiger partial charge in [0.15, 0.2) is 0 Å². The average Bonchev–Trinajstić information content (AvgIpc) is 3.26. The van der Waals surface area contributed by atoms with Crippen LogP contribution in [0.5, 0.6) is 11.5 Å².